The number of methoxy groups -OCH3 is 1. The number of benzene rings is 1. The monoisotopic (exact) mass is 299 g/mol. The summed E-state index contributed by atoms with van der Waals surface area (Å²) in [6.07, 6.45) is 3.93. The number of rotatable bonds is 5. The van der Waals surface area contributed by atoms with Gasteiger partial charge in [-0.2, -0.15) is 0 Å². The van der Waals surface area contributed by atoms with E-state index in [0.29, 0.717) is 5.75 Å². The number of ether oxygens (including phenoxy) is 1. The molecule has 0 atom stereocenters. The van der Waals surface area contributed by atoms with Crippen molar-refractivity contribution in [2.75, 3.05) is 7.11 Å². The predicted octanol–water partition coefficient (Wildman–Crippen LogP) is 2.46. The molecule has 6 heteroatoms. The van der Waals surface area contributed by atoms with Gasteiger partial charge in [-0.05, 0) is 49.9 Å². The lowest BCUT2D eigenvalue weighted by molar-refractivity contribution is 0.0223. The maximum absolute atomic E-state index is 12.3. The van der Waals surface area contributed by atoms with Crippen LogP contribution in [0.25, 0.3) is 0 Å². The van der Waals surface area contributed by atoms with Crippen LogP contribution in [0.4, 0.5) is 0 Å². The van der Waals surface area contributed by atoms with E-state index in [4.69, 9.17) is 9.57 Å². The Hall–Kier alpha value is -1.11. The Morgan fingerprint density at radius 3 is 2.35 bits per heavy atom. The fourth-order valence-corrected chi connectivity index (χ4v) is 3.41. The average molecular weight is 299 g/mol. The van der Waals surface area contributed by atoms with Crippen LogP contribution < -0.4 is 9.62 Å². The van der Waals surface area contributed by atoms with E-state index >= 15 is 0 Å². The molecular weight excluding hydrogens is 278 g/mol. The molecule has 0 aliphatic heterocycles. The van der Waals surface area contributed by atoms with Gasteiger partial charge in [-0.15, -0.1) is 0 Å². The Kier molecular flexibility index (Phi) is 4.67. The highest BCUT2D eigenvalue weighted by atomic mass is 32.2. The quantitative estimate of drug-likeness (QED) is 0.848. The van der Waals surface area contributed by atoms with Crippen molar-refractivity contribution in [2.45, 2.75) is 50.5 Å². The summed E-state index contributed by atoms with van der Waals surface area (Å²) in [5.74, 6) is 0.329. The van der Waals surface area contributed by atoms with Gasteiger partial charge >= 0.3 is 0 Å². The van der Waals surface area contributed by atoms with E-state index in [-0.39, 0.29) is 11.0 Å². The molecule has 1 aromatic carbocycles. The van der Waals surface area contributed by atoms with Crippen molar-refractivity contribution >= 4 is 10.0 Å². The molecule has 0 heterocycles. The molecule has 1 N–H and O–H groups in total. The van der Waals surface area contributed by atoms with Crippen LogP contribution >= 0.6 is 0 Å². The van der Waals surface area contributed by atoms with E-state index < -0.39 is 10.0 Å². The summed E-state index contributed by atoms with van der Waals surface area (Å²) in [5, 5.41) is 0. The van der Waals surface area contributed by atoms with E-state index in [2.05, 4.69) is 4.89 Å². The molecular formula is C14H21NO4S. The van der Waals surface area contributed by atoms with Crippen molar-refractivity contribution in [3.8, 4) is 5.75 Å². The molecule has 112 valence electrons. The summed E-state index contributed by atoms with van der Waals surface area (Å²) < 4.78 is 29.8. The van der Waals surface area contributed by atoms with Gasteiger partial charge in [0.25, 0.3) is 10.0 Å². The molecule has 0 aromatic heterocycles. The molecule has 1 aliphatic carbocycles. The molecule has 0 spiro atoms. The summed E-state index contributed by atoms with van der Waals surface area (Å²) in [5.41, 5.74) is 1.88. The lowest BCUT2D eigenvalue weighted by Crippen LogP contribution is -2.29. The van der Waals surface area contributed by atoms with Crippen LogP contribution in [0.2, 0.25) is 0 Å². The van der Waals surface area contributed by atoms with E-state index in [0.717, 1.165) is 36.8 Å². The Morgan fingerprint density at radius 2 is 1.75 bits per heavy atom. The SMILES string of the molecule is COc1cc(C)c(C)cc1S(=O)(=O)NOC1CCCC1. The summed E-state index contributed by atoms with van der Waals surface area (Å²) in [7, 11) is -2.27. The number of nitrogens with one attached hydrogen (secondary N) is 1. The molecule has 1 saturated carbocycles. The number of hydrogen-bond acceptors (Lipinski definition) is 4. The first-order valence-corrected chi connectivity index (χ1v) is 8.25. The van der Waals surface area contributed by atoms with Crippen molar-refractivity contribution in [2.24, 2.45) is 0 Å². The van der Waals surface area contributed by atoms with Crippen LogP contribution in [-0.2, 0) is 14.9 Å². The van der Waals surface area contributed by atoms with Crippen LogP contribution in [0.5, 0.6) is 5.75 Å². The van der Waals surface area contributed by atoms with Crippen molar-refractivity contribution in [3.63, 3.8) is 0 Å². The first-order valence-electron chi connectivity index (χ1n) is 6.76. The normalized spacial score (nSPS) is 16.6. The van der Waals surface area contributed by atoms with Gasteiger partial charge in [0.15, 0.2) is 0 Å². The second kappa shape index (κ2) is 6.11. The van der Waals surface area contributed by atoms with Gasteiger partial charge in [0, 0.05) is 0 Å². The van der Waals surface area contributed by atoms with Crippen LogP contribution in [0.3, 0.4) is 0 Å². The van der Waals surface area contributed by atoms with Gasteiger partial charge in [-0.3, -0.25) is 4.84 Å². The van der Waals surface area contributed by atoms with E-state index in [9.17, 15) is 8.42 Å². The minimum atomic E-state index is -3.73. The Morgan fingerprint density at radius 1 is 1.15 bits per heavy atom. The summed E-state index contributed by atoms with van der Waals surface area (Å²) >= 11 is 0. The summed E-state index contributed by atoms with van der Waals surface area (Å²) in [4.78, 5) is 7.64. The Balaban J connectivity index is 2.21. The maximum Gasteiger partial charge on any atom is 0.266 e. The largest absolute Gasteiger partial charge is 0.495 e. The lowest BCUT2D eigenvalue weighted by Gasteiger charge is -2.15. The second-order valence-electron chi connectivity index (χ2n) is 5.20. The molecule has 20 heavy (non-hydrogen) atoms. The smallest absolute Gasteiger partial charge is 0.266 e. The van der Waals surface area contributed by atoms with Crippen molar-refractivity contribution in [3.05, 3.63) is 23.3 Å². The van der Waals surface area contributed by atoms with Gasteiger partial charge in [0.1, 0.15) is 10.6 Å². The molecule has 2 rings (SSSR count). The molecule has 0 radical (unpaired) electrons. The van der Waals surface area contributed by atoms with Gasteiger partial charge in [0.05, 0.1) is 13.2 Å². The zero-order chi connectivity index (χ0) is 14.8. The Labute approximate surface area is 120 Å². The summed E-state index contributed by atoms with van der Waals surface area (Å²) in [6.45, 7) is 3.78. The minimum Gasteiger partial charge on any atom is -0.495 e. The molecule has 0 bridgehead atoms. The van der Waals surface area contributed by atoms with Gasteiger partial charge in [-0.25, -0.2) is 8.42 Å². The van der Waals surface area contributed by atoms with Crippen LogP contribution in [0.1, 0.15) is 36.8 Å². The van der Waals surface area contributed by atoms with Crippen LogP contribution in [0, 0.1) is 13.8 Å². The van der Waals surface area contributed by atoms with Gasteiger partial charge < -0.3 is 4.74 Å². The molecule has 5 nitrogen and oxygen atoms in total. The van der Waals surface area contributed by atoms with Crippen LogP contribution in [0.15, 0.2) is 17.0 Å². The highest BCUT2D eigenvalue weighted by Gasteiger charge is 2.24. The van der Waals surface area contributed by atoms with Gasteiger partial charge in [0.2, 0.25) is 0 Å². The fourth-order valence-electron chi connectivity index (χ4n) is 2.32. The van der Waals surface area contributed by atoms with E-state index in [1.807, 2.05) is 13.8 Å². The molecule has 0 amide bonds. The first-order chi connectivity index (χ1) is 9.44. The van der Waals surface area contributed by atoms with Crippen molar-refractivity contribution in [1.82, 2.24) is 4.89 Å². The zero-order valence-corrected chi connectivity index (χ0v) is 12.9. The minimum absolute atomic E-state index is 0.0256. The number of sulfonamides is 1. The van der Waals surface area contributed by atoms with Crippen LogP contribution in [-0.4, -0.2) is 21.6 Å². The van der Waals surface area contributed by atoms with Crippen molar-refractivity contribution in [1.29, 1.82) is 0 Å². The third kappa shape index (κ3) is 3.31. The molecule has 0 unspecified atom stereocenters. The maximum atomic E-state index is 12.3. The molecule has 1 aliphatic rings. The second-order valence-corrected chi connectivity index (χ2v) is 6.81. The predicted molar refractivity (Wildman–Crippen MR) is 76.1 cm³/mol. The average Bonchev–Trinajstić information content (AvgIpc) is 2.92. The highest BCUT2D eigenvalue weighted by molar-refractivity contribution is 7.89. The van der Waals surface area contributed by atoms with E-state index in [1.165, 1.54) is 7.11 Å². The zero-order valence-electron chi connectivity index (χ0n) is 12.1. The third-order valence-electron chi connectivity index (χ3n) is 3.70. The van der Waals surface area contributed by atoms with Crippen molar-refractivity contribution < 1.29 is 18.0 Å². The third-order valence-corrected chi connectivity index (χ3v) is 4.91. The topological polar surface area (TPSA) is 64.6 Å². The van der Waals surface area contributed by atoms with E-state index in [1.54, 1.807) is 12.1 Å². The summed E-state index contributed by atoms with van der Waals surface area (Å²) in [6, 6.07) is 3.33. The number of hydrogen-bond donors (Lipinski definition) is 1. The molecule has 0 saturated heterocycles. The molecule has 1 fully saturated rings. The van der Waals surface area contributed by atoms with Gasteiger partial charge in [-0.1, -0.05) is 17.7 Å². The number of aryl methyl sites for hydroxylation is 2. The standard InChI is InChI=1S/C14H21NO4S/c1-10-8-13(18-3)14(9-11(10)2)20(16,17)15-19-12-6-4-5-7-12/h8-9,12,15H,4-7H2,1-3H3. The first kappa shape index (κ1) is 15.3. The lowest BCUT2D eigenvalue weighted by atomic mass is 10.1. The highest BCUT2D eigenvalue weighted by Crippen LogP contribution is 2.28. The Bertz CT molecular complexity index is 577. The molecule has 1 aromatic rings. The fraction of sp³-hybridized carbons (Fsp3) is 0.571.